The molecule has 0 aliphatic carbocycles. The highest BCUT2D eigenvalue weighted by Crippen LogP contribution is 2.40. The summed E-state index contributed by atoms with van der Waals surface area (Å²) in [5, 5.41) is 10.7. The molecule has 3 rings (SSSR count). The van der Waals surface area contributed by atoms with E-state index >= 15 is 0 Å². The molecule has 0 radical (unpaired) electrons. The van der Waals surface area contributed by atoms with Crippen LogP contribution in [0, 0.1) is 3.57 Å². The van der Waals surface area contributed by atoms with Crippen LogP contribution in [0.25, 0.3) is 22.3 Å². The first kappa shape index (κ1) is 13.2. The largest absolute Gasteiger partial charge is 0.507 e. The van der Waals surface area contributed by atoms with Crippen LogP contribution >= 0.6 is 22.6 Å². The molecule has 0 aromatic heterocycles. The van der Waals surface area contributed by atoms with E-state index in [1.807, 2.05) is 72.8 Å². The van der Waals surface area contributed by atoms with Crippen molar-refractivity contribution >= 4 is 22.6 Å². The van der Waals surface area contributed by atoms with Crippen LogP contribution in [0.15, 0.2) is 72.8 Å². The molecule has 0 aliphatic rings. The van der Waals surface area contributed by atoms with Gasteiger partial charge < -0.3 is 5.11 Å². The van der Waals surface area contributed by atoms with E-state index in [0.29, 0.717) is 5.75 Å². The second kappa shape index (κ2) is 5.67. The van der Waals surface area contributed by atoms with E-state index in [1.165, 1.54) is 0 Å². The van der Waals surface area contributed by atoms with Gasteiger partial charge in [0, 0.05) is 14.7 Å². The predicted octanol–water partition coefficient (Wildman–Crippen LogP) is 5.33. The van der Waals surface area contributed by atoms with Gasteiger partial charge in [0.25, 0.3) is 0 Å². The fourth-order valence-corrected chi connectivity index (χ4v) is 3.04. The van der Waals surface area contributed by atoms with E-state index in [2.05, 4.69) is 22.6 Å². The second-order valence-electron chi connectivity index (χ2n) is 4.55. The lowest BCUT2D eigenvalue weighted by Gasteiger charge is -2.12. The first-order chi connectivity index (χ1) is 9.77. The van der Waals surface area contributed by atoms with Gasteiger partial charge in [0.15, 0.2) is 0 Å². The molecule has 0 fully saturated rings. The van der Waals surface area contributed by atoms with Crippen molar-refractivity contribution in [2.24, 2.45) is 0 Å². The van der Waals surface area contributed by atoms with Crippen molar-refractivity contribution < 1.29 is 5.11 Å². The summed E-state index contributed by atoms with van der Waals surface area (Å²) in [5.74, 6) is 0.342. The third-order valence-electron chi connectivity index (χ3n) is 3.27. The van der Waals surface area contributed by atoms with Crippen LogP contribution in [0.5, 0.6) is 5.75 Å². The highest BCUT2D eigenvalue weighted by Gasteiger charge is 2.13. The molecule has 1 nitrogen and oxygen atoms in total. The Bertz CT molecular complexity index is 721. The lowest BCUT2D eigenvalue weighted by Crippen LogP contribution is -1.87. The average molecular weight is 372 g/mol. The van der Waals surface area contributed by atoms with Gasteiger partial charge in [-0.2, -0.15) is 0 Å². The highest BCUT2D eigenvalue weighted by atomic mass is 127. The number of rotatable bonds is 2. The Kier molecular flexibility index (Phi) is 3.74. The number of hydrogen-bond acceptors (Lipinski definition) is 1. The van der Waals surface area contributed by atoms with Crippen LogP contribution in [-0.4, -0.2) is 5.11 Å². The average Bonchev–Trinajstić information content (AvgIpc) is 2.49. The van der Waals surface area contributed by atoms with Crippen molar-refractivity contribution in [3.63, 3.8) is 0 Å². The molecule has 0 aliphatic heterocycles. The molecule has 0 saturated heterocycles. The standard InChI is InChI=1S/C18H13IO/c19-16-12-11-15(13-7-3-1-4-8-13)18(20)17(16)14-9-5-2-6-10-14/h1-12,20H. The topological polar surface area (TPSA) is 20.2 Å². The highest BCUT2D eigenvalue weighted by molar-refractivity contribution is 14.1. The van der Waals surface area contributed by atoms with Gasteiger partial charge in [-0.3, -0.25) is 0 Å². The van der Waals surface area contributed by atoms with Gasteiger partial charge in [0.05, 0.1) is 0 Å². The number of halogens is 1. The number of phenols is 1. The number of benzene rings is 3. The molecule has 1 N–H and O–H groups in total. The summed E-state index contributed by atoms with van der Waals surface area (Å²) in [4.78, 5) is 0. The Hall–Kier alpha value is -1.81. The van der Waals surface area contributed by atoms with E-state index in [4.69, 9.17) is 0 Å². The monoisotopic (exact) mass is 372 g/mol. The molecule has 2 heteroatoms. The van der Waals surface area contributed by atoms with E-state index in [0.717, 1.165) is 25.8 Å². The van der Waals surface area contributed by atoms with Gasteiger partial charge in [-0.05, 0) is 45.9 Å². The zero-order valence-electron chi connectivity index (χ0n) is 10.8. The van der Waals surface area contributed by atoms with Gasteiger partial charge in [-0.15, -0.1) is 0 Å². The third kappa shape index (κ3) is 2.43. The maximum absolute atomic E-state index is 10.7. The minimum Gasteiger partial charge on any atom is -0.507 e. The van der Waals surface area contributed by atoms with Crippen molar-refractivity contribution in [1.29, 1.82) is 0 Å². The number of hydrogen-bond donors (Lipinski definition) is 1. The molecule has 20 heavy (non-hydrogen) atoms. The zero-order chi connectivity index (χ0) is 13.9. The molecule has 0 unspecified atom stereocenters. The normalized spacial score (nSPS) is 10.4. The molecule has 0 spiro atoms. The smallest absolute Gasteiger partial charge is 0.132 e. The Balaban J connectivity index is 2.22. The molecule has 0 saturated carbocycles. The van der Waals surface area contributed by atoms with Gasteiger partial charge in [-0.1, -0.05) is 60.7 Å². The van der Waals surface area contributed by atoms with Gasteiger partial charge in [0.1, 0.15) is 5.75 Å². The number of phenolic OH excluding ortho intramolecular Hbond substituents is 1. The fraction of sp³-hybridized carbons (Fsp3) is 0. The minimum absolute atomic E-state index is 0.342. The molecule has 0 bridgehead atoms. The summed E-state index contributed by atoms with van der Waals surface area (Å²) in [7, 11) is 0. The van der Waals surface area contributed by atoms with Gasteiger partial charge >= 0.3 is 0 Å². The zero-order valence-corrected chi connectivity index (χ0v) is 12.9. The Morgan fingerprint density at radius 1 is 0.650 bits per heavy atom. The number of aromatic hydroxyl groups is 1. The molecular formula is C18H13IO. The maximum atomic E-state index is 10.7. The summed E-state index contributed by atoms with van der Waals surface area (Å²) >= 11 is 2.27. The first-order valence-corrected chi connectivity index (χ1v) is 7.47. The lowest BCUT2D eigenvalue weighted by atomic mass is 9.97. The molecular weight excluding hydrogens is 359 g/mol. The van der Waals surface area contributed by atoms with Crippen LogP contribution < -0.4 is 0 Å². The summed E-state index contributed by atoms with van der Waals surface area (Å²) in [5.41, 5.74) is 3.82. The van der Waals surface area contributed by atoms with Crippen LogP contribution in [0.4, 0.5) is 0 Å². The van der Waals surface area contributed by atoms with Crippen molar-refractivity contribution in [2.45, 2.75) is 0 Å². The predicted molar refractivity (Wildman–Crippen MR) is 91.7 cm³/mol. The molecule has 0 heterocycles. The molecule has 3 aromatic carbocycles. The van der Waals surface area contributed by atoms with Crippen LogP contribution in [0.1, 0.15) is 0 Å². The summed E-state index contributed by atoms with van der Waals surface area (Å²) < 4.78 is 1.05. The van der Waals surface area contributed by atoms with E-state index in [9.17, 15) is 5.11 Å². The molecule has 3 aromatic rings. The summed E-state index contributed by atoms with van der Waals surface area (Å²) in [6, 6.07) is 24.0. The van der Waals surface area contributed by atoms with Gasteiger partial charge in [-0.25, -0.2) is 0 Å². The van der Waals surface area contributed by atoms with Crippen molar-refractivity contribution in [3.05, 3.63) is 76.4 Å². The van der Waals surface area contributed by atoms with Crippen LogP contribution in [-0.2, 0) is 0 Å². The lowest BCUT2D eigenvalue weighted by molar-refractivity contribution is 0.479. The quantitative estimate of drug-likeness (QED) is 0.603. The van der Waals surface area contributed by atoms with E-state index in [-0.39, 0.29) is 0 Å². The second-order valence-corrected chi connectivity index (χ2v) is 5.71. The third-order valence-corrected chi connectivity index (χ3v) is 4.17. The van der Waals surface area contributed by atoms with Crippen LogP contribution in [0.2, 0.25) is 0 Å². The SMILES string of the molecule is Oc1c(-c2ccccc2)ccc(I)c1-c1ccccc1. The molecule has 98 valence electrons. The van der Waals surface area contributed by atoms with E-state index < -0.39 is 0 Å². The minimum atomic E-state index is 0.342. The Labute approximate surface area is 132 Å². The van der Waals surface area contributed by atoms with Crippen LogP contribution in [0.3, 0.4) is 0 Å². The fourth-order valence-electron chi connectivity index (χ4n) is 2.30. The van der Waals surface area contributed by atoms with Crippen molar-refractivity contribution in [2.75, 3.05) is 0 Å². The molecule has 0 atom stereocenters. The summed E-state index contributed by atoms with van der Waals surface area (Å²) in [6.45, 7) is 0. The maximum Gasteiger partial charge on any atom is 0.132 e. The van der Waals surface area contributed by atoms with Crippen molar-refractivity contribution in [3.8, 4) is 28.0 Å². The van der Waals surface area contributed by atoms with E-state index in [1.54, 1.807) is 0 Å². The molecule has 0 amide bonds. The summed E-state index contributed by atoms with van der Waals surface area (Å²) in [6.07, 6.45) is 0. The van der Waals surface area contributed by atoms with Crippen molar-refractivity contribution in [1.82, 2.24) is 0 Å². The Morgan fingerprint density at radius 3 is 1.80 bits per heavy atom. The Morgan fingerprint density at radius 2 is 1.20 bits per heavy atom. The van der Waals surface area contributed by atoms with Gasteiger partial charge in [0.2, 0.25) is 0 Å². The first-order valence-electron chi connectivity index (χ1n) is 6.39.